The molecule has 0 spiro atoms. The summed E-state index contributed by atoms with van der Waals surface area (Å²) >= 11 is 1.41. The van der Waals surface area contributed by atoms with Crippen molar-refractivity contribution in [3.05, 3.63) is 40.7 Å². The number of hydrogen-bond acceptors (Lipinski definition) is 3. The lowest BCUT2D eigenvalue weighted by Gasteiger charge is -2.08. The second-order valence-corrected chi connectivity index (χ2v) is 5.31. The molecule has 0 radical (unpaired) electrons. The molecule has 0 bridgehead atoms. The molecule has 1 unspecified atom stereocenters. The first-order valence-corrected chi connectivity index (χ1v) is 6.25. The molecule has 18 heavy (non-hydrogen) atoms. The zero-order chi connectivity index (χ0) is 13.3. The molecule has 2 aromatic rings. The maximum Gasteiger partial charge on any atom is 0.310 e. The van der Waals surface area contributed by atoms with E-state index in [2.05, 4.69) is 4.98 Å². The van der Waals surface area contributed by atoms with Crippen molar-refractivity contribution in [2.45, 2.75) is 19.8 Å². The quantitative estimate of drug-likeness (QED) is 0.924. The Labute approximate surface area is 108 Å². The van der Waals surface area contributed by atoms with Gasteiger partial charge in [-0.1, -0.05) is 6.07 Å². The number of aliphatic carboxylic acids is 1. The molecule has 2 rings (SSSR count). The summed E-state index contributed by atoms with van der Waals surface area (Å²) < 4.78 is 13.9. The van der Waals surface area contributed by atoms with Gasteiger partial charge in [-0.25, -0.2) is 9.37 Å². The molecule has 1 aromatic carbocycles. The summed E-state index contributed by atoms with van der Waals surface area (Å²) in [6.07, 6.45) is 1.69. The van der Waals surface area contributed by atoms with Gasteiger partial charge in [-0.3, -0.25) is 4.79 Å². The molecule has 0 aliphatic rings. The summed E-state index contributed by atoms with van der Waals surface area (Å²) in [5, 5.41) is 9.49. The average Bonchev–Trinajstić information content (AvgIpc) is 2.74. The number of thiazole rings is 1. The van der Waals surface area contributed by atoms with E-state index in [1.807, 2.05) is 6.92 Å². The van der Waals surface area contributed by atoms with Crippen LogP contribution in [0.4, 0.5) is 4.39 Å². The predicted molar refractivity (Wildman–Crippen MR) is 68.3 cm³/mol. The molecular weight excluding hydrogens is 253 g/mol. The highest BCUT2D eigenvalue weighted by molar-refractivity contribution is 7.14. The van der Waals surface area contributed by atoms with Crippen molar-refractivity contribution < 1.29 is 14.3 Å². The van der Waals surface area contributed by atoms with Gasteiger partial charge in [-0.05, 0) is 31.5 Å². The highest BCUT2D eigenvalue weighted by atomic mass is 32.1. The fraction of sp³-hybridized carbons (Fsp3) is 0.231. The molecule has 1 atom stereocenters. The van der Waals surface area contributed by atoms with Crippen LogP contribution in [0.1, 0.15) is 23.3 Å². The third kappa shape index (κ3) is 2.41. The van der Waals surface area contributed by atoms with Gasteiger partial charge in [0.05, 0.1) is 5.92 Å². The standard InChI is InChI=1S/C13H12FNO2S/c1-7-6-15-12(18-7)10-4-3-9(5-11(10)14)8(2)13(16)17/h3-6,8H,1-2H3,(H,16,17). The van der Waals surface area contributed by atoms with E-state index in [0.29, 0.717) is 16.1 Å². The zero-order valence-electron chi connectivity index (χ0n) is 9.98. The van der Waals surface area contributed by atoms with Crippen molar-refractivity contribution in [2.24, 2.45) is 0 Å². The van der Waals surface area contributed by atoms with Crippen molar-refractivity contribution in [3.8, 4) is 10.6 Å². The highest BCUT2D eigenvalue weighted by Gasteiger charge is 2.16. The molecule has 0 saturated carbocycles. The second-order valence-electron chi connectivity index (χ2n) is 4.08. The second kappa shape index (κ2) is 4.86. The van der Waals surface area contributed by atoms with Crippen molar-refractivity contribution in [1.29, 1.82) is 0 Å². The van der Waals surface area contributed by atoms with E-state index in [1.165, 1.54) is 24.3 Å². The summed E-state index contributed by atoms with van der Waals surface area (Å²) in [5.41, 5.74) is 0.867. The van der Waals surface area contributed by atoms with E-state index in [0.717, 1.165) is 4.88 Å². The summed E-state index contributed by atoms with van der Waals surface area (Å²) in [6.45, 7) is 3.43. The van der Waals surface area contributed by atoms with Gasteiger partial charge in [0.25, 0.3) is 0 Å². The molecule has 94 valence electrons. The van der Waals surface area contributed by atoms with E-state index < -0.39 is 17.7 Å². The number of carboxylic acids is 1. The van der Waals surface area contributed by atoms with E-state index in [1.54, 1.807) is 18.3 Å². The van der Waals surface area contributed by atoms with E-state index in [9.17, 15) is 9.18 Å². The molecule has 5 heteroatoms. The van der Waals surface area contributed by atoms with Crippen LogP contribution in [0.15, 0.2) is 24.4 Å². The lowest BCUT2D eigenvalue weighted by molar-refractivity contribution is -0.138. The summed E-state index contributed by atoms with van der Waals surface area (Å²) in [5.74, 6) is -2.12. The van der Waals surface area contributed by atoms with Crippen molar-refractivity contribution >= 4 is 17.3 Å². The minimum absolute atomic E-state index is 0.412. The smallest absolute Gasteiger partial charge is 0.310 e. The van der Waals surface area contributed by atoms with Crippen LogP contribution < -0.4 is 0 Å². The van der Waals surface area contributed by atoms with Crippen LogP contribution >= 0.6 is 11.3 Å². The predicted octanol–water partition coefficient (Wildman–Crippen LogP) is 3.45. The third-order valence-electron chi connectivity index (χ3n) is 2.72. The number of nitrogens with zero attached hydrogens (tertiary/aromatic N) is 1. The summed E-state index contributed by atoms with van der Waals surface area (Å²) in [6, 6.07) is 4.49. The number of hydrogen-bond donors (Lipinski definition) is 1. The molecule has 1 heterocycles. The number of rotatable bonds is 3. The zero-order valence-corrected chi connectivity index (χ0v) is 10.8. The lowest BCUT2D eigenvalue weighted by atomic mass is 10.00. The van der Waals surface area contributed by atoms with Gasteiger partial charge in [-0.2, -0.15) is 0 Å². The molecule has 0 aliphatic carbocycles. The van der Waals surface area contributed by atoms with Gasteiger partial charge in [0.2, 0.25) is 0 Å². The van der Waals surface area contributed by atoms with Crippen molar-refractivity contribution in [3.63, 3.8) is 0 Å². The highest BCUT2D eigenvalue weighted by Crippen LogP contribution is 2.29. The topological polar surface area (TPSA) is 50.2 Å². The van der Waals surface area contributed by atoms with E-state index in [4.69, 9.17) is 5.11 Å². The Morgan fingerprint density at radius 3 is 2.72 bits per heavy atom. The van der Waals surface area contributed by atoms with Gasteiger partial charge in [0, 0.05) is 16.6 Å². The number of halogens is 1. The normalized spacial score (nSPS) is 12.4. The van der Waals surface area contributed by atoms with Crippen molar-refractivity contribution in [2.75, 3.05) is 0 Å². The first kappa shape index (κ1) is 12.7. The van der Waals surface area contributed by atoms with Gasteiger partial charge in [0.1, 0.15) is 10.8 Å². The molecule has 0 amide bonds. The molecule has 0 aliphatic heterocycles. The van der Waals surface area contributed by atoms with Gasteiger partial charge >= 0.3 is 5.97 Å². The first-order valence-electron chi connectivity index (χ1n) is 5.44. The van der Waals surface area contributed by atoms with Crippen molar-refractivity contribution in [1.82, 2.24) is 4.98 Å². The average molecular weight is 265 g/mol. The molecule has 0 saturated heterocycles. The molecule has 1 N–H and O–H groups in total. The number of benzene rings is 1. The number of carbonyl (C=O) groups is 1. The molecule has 0 fully saturated rings. The molecule has 1 aromatic heterocycles. The fourth-order valence-corrected chi connectivity index (χ4v) is 2.39. The Morgan fingerprint density at radius 2 is 2.22 bits per heavy atom. The Kier molecular flexibility index (Phi) is 3.43. The molecular formula is C13H12FNO2S. The Morgan fingerprint density at radius 1 is 1.50 bits per heavy atom. The maximum absolute atomic E-state index is 13.9. The maximum atomic E-state index is 13.9. The summed E-state index contributed by atoms with van der Waals surface area (Å²) in [4.78, 5) is 16.0. The van der Waals surface area contributed by atoms with Crippen LogP contribution in [0, 0.1) is 12.7 Å². The largest absolute Gasteiger partial charge is 0.481 e. The minimum Gasteiger partial charge on any atom is -0.481 e. The van der Waals surface area contributed by atoms with E-state index >= 15 is 0 Å². The Bertz CT molecular complexity index is 594. The SMILES string of the molecule is Cc1cnc(-c2ccc(C(C)C(=O)O)cc2F)s1. The van der Waals surface area contributed by atoms with Gasteiger partial charge < -0.3 is 5.11 Å². The van der Waals surface area contributed by atoms with Gasteiger partial charge in [-0.15, -0.1) is 11.3 Å². The number of carboxylic acid groups (broad SMARTS) is 1. The van der Waals surface area contributed by atoms with Crippen LogP contribution in [-0.4, -0.2) is 16.1 Å². The van der Waals surface area contributed by atoms with Crippen LogP contribution in [0.25, 0.3) is 10.6 Å². The Hall–Kier alpha value is -1.75. The van der Waals surface area contributed by atoms with Gasteiger partial charge in [0.15, 0.2) is 0 Å². The number of aryl methyl sites for hydroxylation is 1. The third-order valence-corrected chi connectivity index (χ3v) is 3.66. The lowest BCUT2D eigenvalue weighted by Crippen LogP contribution is -2.07. The fourth-order valence-electron chi connectivity index (χ4n) is 1.60. The monoisotopic (exact) mass is 265 g/mol. The molecule has 3 nitrogen and oxygen atoms in total. The van der Waals surface area contributed by atoms with Crippen LogP contribution in [0.5, 0.6) is 0 Å². The first-order chi connectivity index (χ1) is 8.49. The summed E-state index contributed by atoms with van der Waals surface area (Å²) in [7, 11) is 0. The minimum atomic E-state index is -0.966. The van der Waals surface area contributed by atoms with Crippen LogP contribution in [-0.2, 0) is 4.79 Å². The van der Waals surface area contributed by atoms with E-state index in [-0.39, 0.29) is 0 Å². The van der Waals surface area contributed by atoms with Crippen LogP contribution in [0.3, 0.4) is 0 Å². The Balaban J connectivity index is 2.39. The van der Waals surface area contributed by atoms with Crippen LogP contribution in [0.2, 0.25) is 0 Å². The number of aromatic nitrogens is 1.